The van der Waals surface area contributed by atoms with Gasteiger partial charge >= 0.3 is 0 Å². The maximum atomic E-state index is 5.60. The molecule has 0 aromatic carbocycles. The summed E-state index contributed by atoms with van der Waals surface area (Å²) in [7, 11) is 0. The quantitative estimate of drug-likeness (QED) is 0.907. The van der Waals surface area contributed by atoms with E-state index in [1.54, 1.807) is 0 Å². The second-order valence-electron chi connectivity index (χ2n) is 6.35. The second-order valence-corrected chi connectivity index (χ2v) is 6.35. The van der Waals surface area contributed by atoms with Crippen LogP contribution in [0.5, 0.6) is 0 Å². The number of nitrogens with zero attached hydrogens (tertiary/aromatic N) is 2. The van der Waals surface area contributed by atoms with Gasteiger partial charge in [-0.15, -0.1) is 0 Å². The van der Waals surface area contributed by atoms with E-state index in [9.17, 15) is 0 Å². The van der Waals surface area contributed by atoms with Crippen molar-refractivity contribution in [2.75, 3.05) is 13.1 Å². The van der Waals surface area contributed by atoms with Crippen molar-refractivity contribution >= 4 is 0 Å². The van der Waals surface area contributed by atoms with Crippen molar-refractivity contribution < 1.29 is 0 Å². The molecule has 0 radical (unpaired) electrons. The first-order valence-corrected chi connectivity index (χ1v) is 7.66. The van der Waals surface area contributed by atoms with Gasteiger partial charge in [-0.2, -0.15) is 0 Å². The average Bonchev–Trinajstić information content (AvgIpc) is 2.91. The fraction of sp³-hybridized carbons (Fsp3) is 0.688. The Balaban J connectivity index is 1.53. The van der Waals surface area contributed by atoms with Crippen molar-refractivity contribution in [2.24, 2.45) is 11.1 Å². The molecular weight excluding hydrogens is 234 g/mol. The molecule has 3 heteroatoms. The summed E-state index contributed by atoms with van der Waals surface area (Å²) < 4.78 is 0. The molecule has 3 rings (SSSR count). The molecule has 2 aliphatic rings. The van der Waals surface area contributed by atoms with Crippen LogP contribution in [0.25, 0.3) is 0 Å². The van der Waals surface area contributed by atoms with Crippen molar-refractivity contribution in [1.29, 1.82) is 0 Å². The zero-order valence-electron chi connectivity index (χ0n) is 11.8. The molecule has 19 heavy (non-hydrogen) atoms. The Bertz CT molecular complexity index is 397. The molecule has 1 aromatic heterocycles. The van der Waals surface area contributed by atoms with Crippen LogP contribution in [0.4, 0.5) is 0 Å². The third-order valence-corrected chi connectivity index (χ3v) is 5.09. The van der Waals surface area contributed by atoms with Gasteiger partial charge < -0.3 is 5.73 Å². The van der Waals surface area contributed by atoms with E-state index in [2.05, 4.69) is 22.0 Å². The summed E-state index contributed by atoms with van der Waals surface area (Å²) in [6.45, 7) is 4.08. The van der Waals surface area contributed by atoms with Crippen molar-refractivity contribution in [3.05, 3.63) is 29.6 Å². The Morgan fingerprint density at radius 2 is 1.84 bits per heavy atom. The molecule has 0 amide bonds. The van der Waals surface area contributed by atoms with Crippen LogP contribution in [0, 0.1) is 5.41 Å². The summed E-state index contributed by atoms with van der Waals surface area (Å²) in [5, 5.41) is 0. The number of rotatable bonds is 3. The Hall–Kier alpha value is -0.930. The highest BCUT2D eigenvalue weighted by atomic mass is 15.1. The number of hydrogen-bond donors (Lipinski definition) is 1. The second kappa shape index (κ2) is 5.59. The summed E-state index contributed by atoms with van der Waals surface area (Å²) in [5.74, 6) is 0. The van der Waals surface area contributed by atoms with E-state index in [1.807, 2.05) is 6.20 Å². The molecule has 1 aromatic rings. The number of likely N-dealkylation sites (tertiary alicyclic amines) is 1. The number of hydrogen-bond acceptors (Lipinski definition) is 3. The molecular formula is C16H25N3. The third-order valence-electron chi connectivity index (χ3n) is 5.09. The lowest BCUT2D eigenvalue weighted by molar-refractivity contribution is 0.103. The van der Waals surface area contributed by atoms with Crippen molar-refractivity contribution in [3.8, 4) is 0 Å². The Labute approximate surface area is 116 Å². The summed E-state index contributed by atoms with van der Waals surface area (Å²) in [5.41, 5.74) is 8.61. The molecule has 3 nitrogen and oxygen atoms in total. The van der Waals surface area contributed by atoms with Gasteiger partial charge in [0.25, 0.3) is 0 Å². The highest BCUT2D eigenvalue weighted by Gasteiger charge is 2.36. The molecule has 2 heterocycles. The molecule has 1 saturated heterocycles. The van der Waals surface area contributed by atoms with Crippen LogP contribution in [0.2, 0.25) is 0 Å². The summed E-state index contributed by atoms with van der Waals surface area (Å²) in [4.78, 5) is 7.07. The van der Waals surface area contributed by atoms with Gasteiger partial charge in [0, 0.05) is 19.3 Å². The molecule has 0 bridgehead atoms. The van der Waals surface area contributed by atoms with Gasteiger partial charge in [-0.05, 0) is 55.8 Å². The third kappa shape index (κ3) is 2.98. The number of piperidine rings is 1. The molecule has 2 N–H and O–H groups in total. The van der Waals surface area contributed by atoms with Gasteiger partial charge in [0.1, 0.15) is 0 Å². The van der Waals surface area contributed by atoms with Crippen LogP contribution >= 0.6 is 0 Å². The Morgan fingerprint density at radius 3 is 2.42 bits per heavy atom. The minimum atomic E-state index is 0.583. The van der Waals surface area contributed by atoms with Crippen molar-refractivity contribution in [3.63, 3.8) is 0 Å². The predicted molar refractivity (Wildman–Crippen MR) is 77.5 cm³/mol. The minimum Gasteiger partial charge on any atom is -0.326 e. The minimum absolute atomic E-state index is 0.583. The van der Waals surface area contributed by atoms with E-state index in [1.165, 1.54) is 57.3 Å². The molecule has 0 unspecified atom stereocenters. The summed E-state index contributed by atoms with van der Waals surface area (Å²) in [6, 6.07) is 4.23. The smallest absolute Gasteiger partial charge is 0.0544 e. The maximum Gasteiger partial charge on any atom is 0.0544 e. The Morgan fingerprint density at radius 1 is 1.11 bits per heavy atom. The number of nitrogens with two attached hydrogens (primary N) is 1. The van der Waals surface area contributed by atoms with Gasteiger partial charge in [-0.3, -0.25) is 9.88 Å². The van der Waals surface area contributed by atoms with Crippen LogP contribution < -0.4 is 5.73 Å². The lowest BCUT2D eigenvalue weighted by Gasteiger charge is -2.39. The monoisotopic (exact) mass is 259 g/mol. The summed E-state index contributed by atoms with van der Waals surface area (Å²) >= 11 is 0. The molecule has 104 valence electrons. The highest BCUT2D eigenvalue weighted by Crippen LogP contribution is 2.46. The van der Waals surface area contributed by atoms with Gasteiger partial charge in [0.15, 0.2) is 0 Å². The topological polar surface area (TPSA) is 42.1 Å². The zero-order valence-corrected chi connectivity index (χ0v) is 11.8. The van der Waals surface area contributed by atoms with E-state index < -0.39 is 0 Å². The van der Waals surface area contributed by atoms with Crippen LogP contribution in [0.3, 0.4) is 0 Å². The molecule has 1 spiro atoms. The van der Waals surface area contributed by atoms with Crippen molar-refractivity contribution in [1.82, 2.24) is 9.88 Å². The predicted octanol–water partition coefficient (Wildman–Crippen LogP) is 2.70. The van der Waals surface area contributed by atoms with Crippen LogP contribution in [-0.2, 0) is 13.1 Å². The molecule has 1 aliphatic heterocycles. The van der Waals surface area contributed by atoms with Gasteiger partial charge in [-0.1, -0.05) is 18.9 Å². The van der Waals surface area contributed by atoms with Crippen LogP contribution in [0.1, 0.15) is 49.8 Å². The van der Waals surface area contributed by atoms with E-state index in [-0.39, 0.29) is 0 Å². The summed E-state index contributed by atoms with van der Waals surface area (Å²) in [6.07, 6.45) is 10.6. The molecule has 1 aliphatic carbocycles. The zero-order chi connectivity index (χ0) is 13.1. The molecule has 0 atom stereocenters. The lowest BCUT2D eigenvalue weighted by atomic mass is 9.77. The first-order valence-electron chi connectivity index (χ1n) is 7.66. The van der Waals surface area contributed by atoms with E-state index in [0.717, 1.165) is 12.1 Å². The largest absolute Gasteiger partial charge is 0.326 e. The SMILES string of the molecule is NCc1ccc(CN2CCC3(CCCC3)CC2)nc1. The fourth-order valence-corrected chi connectivity index (χ4v) is 3.71. The lowest BCUT2D eigenvalue weighted by Crippen LogP contribution is -2.38. The van der Waals surface area contributed by atoms with E-state index in [4.69, 9.17) is 5.73 Å². The van der Waals surface area contributed by atoms with Gasteiger partial charge in [0.2, 0.25) is 0 Å². The molecule has 2 fully saturated rings. The fourth-order valence-electron chi connectivity index (χ4n) is 3.71. The first-order chi connectivity index (χ1) is 9.30. The Kier molecular flexibility index (Phi) is 3.85. The molecule has 1 saturated carbocycles. The van der Waals surface area contributed by atoms with E-state index in [0.29, 0.717) is 12.0 Å². The van der Waals surface area contributed by atoms with Crippen LogP contribution in [0.15, 0.2) is 18.3 Å². The van der Waals surface area contributed by atoms with E-state index >= 15 is 0 Å². The number of aromatic nitrogens is 1. The first kappa shape index (κ1) is 13.1. The van der Waals surface area contributed by atoms with Gasteiger partial charge in [-0.25, -0.2) is 0 Å². The normalized spacial score (nSPS) is 23.0. The van der Waals surface area contributed by atoms with Crippen LogP contribution in [-0.4, -0.2) is 23.0 Å². The average molecular weight is 259 g/mol. The maximum absolute atomic E-state index is 5.60. The van der Waals surface area contributed by atoms with Crippen molar-refractivity contribution in [2.45, 2.75) is 51.6 Å². The number of pyridine rings is 1. The highest BCUT2D eigenvalue weighted by molar-refractivity contribution is 5.13. The van der Waals surface area contributed by atoms with Gasteiger partial charge in [0.05, 0.1) is 5.69 Å². The standard InChI is InChI=1S/C16H25N3/c17-11-14-3-4-15(18-12-14)13-19-9-7-16(8-10-19)5-1-2-6-16/h3-4,12H,1-2,5-11,13,17H2.